The number of benzene rings is 1. The third-order valence-corrected chi connectivity index (χ3v) is 3.17. The first kappa shape index (κ1) is 11.7. The van der Waals surface area contributed by atoms with Gasteiger partial charge < -0.3 is 5.11 Å². The molecule has 19 heavy (non-hydrogen) atoms. The maximum absolute atomic E-state index is 12.1. The van der Waals surface area contributed by atoms with Gasteiger partial charge in [-0.3, -0.25) is 9.36 Å². The zero-order valence-corrected chi connectivity index (χ0v) is 10.5. The van der Waals surface area contributed by atoms with E-state index in [1.807, 2.05) is 0 Å². The van der Waals surface area contributed by atoms with E-state index in [2.05, 4.69) is 4.98 Å². The number of nitrogens with zero attached hydrogens (tertiary/aromatic N) is 2. The summed E-state index contributed by atoms with van der Waals surface area (Å²) in [5.41, 5.74) is 0.537. The molecule has 2 heterocycles. The largest absolute Gasteiger partial charge is 0.507 e. The zero-order valence-electron chi connectivity index (χ0n) is 9.75. The van der Waals surface area contributed by atoms with Crippen LogP contribution in [-0.2, 0) is 0 Å². The van der Waals surface area contributed by atoms with Crippen LogP contribution < -0.4 is 5.56 Å². The van der Waals surface area contributed by atoms with Crippen LogP contribution in [0.15, 0.2) is 53.5 Å². The van der Waals surface area contributed by atoms with Crippen LogP contribution in [0.3, 0.4) is 0 Å². The van der Waals surface area contributed by atoms with E-state index in [1.54, 1.807) is 42.6 Å². The van der Waals surface area contributed by atoms with Crippen LogP contribution in [0.4, 0.5) is 0 Å². The van der Waals surface area contributed by atoms with Crippen LogP contribution in [0, 0.1) is 0 Å². The van der Waals surface area contributed by atoms with Gasteiger partial charge >= 0.3 is 0 Å². The molecule has 0 amide bonds. The van der Waals surface area contributed by atoms with E-state index in [9.17, 15) is 9.90 Å². The van der Waals surface area contributed by atoms with Gasteiger partial charge in [-0.15, -0.1) is 0 Å². The first-order valence-corrected chi connectivity index (χ1v) is 6.01. The summed E-state index contributed by atoms with van der Waals surface area (Å²) in [5.74, 6) is -0.0867. The third kappa shape index (κ3) is 1.86. The summed E-state index contributed by atoms with van der Waals surface area (Å²) in [5, 5.41) is 10.8. The lowest BCUT2D eigenvalue weighted by atomic mass is 10.2. The Kier molecular flexibility index (Phi) is 2.72. The van der Waals surface area contributed by atoms with Crippen molar-refractivity contribution in [3.63, 3.8) is 0 Å². The van der Waals surface area contributed by atoms with Crippen molar-refractivity contribution >= 4 is 22.6 Å². The molecule has 0 aliphatic carbocycles. The van der Waals surface area contributed by atoms with Gasteiger partial charge in [0.05, 0.1) is 16.1 Å². The Hall–Kier alpha value is -2.33. The maximum atomic E-state index is 12.1. The highest BCUT2D eigenvalue weighted by molar-refractivity contribution is 6.32. The predicted molar refractivity (Wildman–Crippen MR) is 74.0 cm³/mol. The van der Waals surface area contributed by atoms with Crippen molar-refractivity contribution in [3.8, 4) is 11.4 Å². The molecule has 1 aromatic carbocycles. The van der Waals surface area contributed by atoms with Crippen molar-refractivity contribution in [2.45, 2.75) is 0 Å². The molecule has 0 fully saturated rings. The molecular weight excluding hydrogens is 264 g/mol. The molecule has 3 rings (SSSR count). The average molecular weight is 273 g/mol. The number of halogens is 1. The normalized spacial score (nSPS) is 10.8. The van der Waals surface area contributed by atoms with E-state index in [0.717, 1.165) is 6.07 Å². The highest BCUT2D eigenvalue weighted by Crippen LogP contribution is 2.25. The van der Waals surface area contributed by atoms with Gasteiger partial charge in [0, 0.05) is 12.3 Å². The molecule has 94 valence electrons. The molecule has 0 radical (unpaired) electrons. The summed E-state index contributed by atoms with van der Waals surface area (Å²) < 4.78 is 1.39. The van der Waals surface area contributed by atoms with Gasteiger partial charge in [-0.05, 0) is 24.3 Å². The van der Waals surface area contributed by atoms with Crippen molar-refractivity contribution in [2.75, 3.05) is 0 Å². The number of fused-ring (bicyclic) bond motifs is 1. The van der Waals surface area contributed by atoms with Gasteiger partial charge in [-0.2, -0.15) is 0 Å². The van der Waals surface area contributed by atoms with E-state index in [1.165, 1.54) is 4.57 Å². The monoisotopic (exact) mass is 272 g/mol. The topological polar surface area (TPSA) is 55.1 Å². The molecule has 3 aromatic rings. The Morgan fingerprint density at radius 2 is 1.95 bits per heavy atom. The third-order valence-electron chi connectivity index (χ3n) is 2.85. The summed E-state index contributed by atoms with van der Waals surface area (Å²) in [6, 6.07) is 11.6. The fourth-order valence-corrected chi connectivity index (χ4v) is 2.22. The van der Waals surface area contributed by atoms with Crippen LogP contribution in [0.1, 0.15) is 0 Å². The van der Waals surface area contributed by atoms with Gasteiger partial charge in [0.2, 0.25) is 0 Å². The Morgan fingerprint density at radius 3 is 2.74 bits per heavy atom. The van der Waals surface area contributed by atoms with Gasteiger partial charge in [-0.1, -0.05) is 23.7 Å². The fraction of sp³-hybridized carbons (Fsp3) is 0. The molecule has 0 saturated carbocycles. The fourth-order valence-electron chi connectivity index (χ4n) is 2.00. The van der Waals surface area contributed by atoms with Crippen LogP contribution in [0.2, 0.25) is 5.02 Å². The highest BCUT2D eigenvalue weighted by Gasteiger charge is 2.12. The van der Waals surface area contributed by atoms with E-state index >= 15 is 0 Å². The molecule has 5 heteroatoms. The molecular formula is C14H9ClN2O2. The zero-order chi connectivity index (χ0) is 13.4. The molecule has 2 aromatic heterocycles. The summed E-state index contributed by atoms with van der Waals surface area (Å²) >= 11 is 6.12. The lowest BCUT2D eigenvalue weighted by Gasteiger charge is -2.11. The Bertz CT molecular complexity index is 827. The number of aromatic hydroxyl groups is 1. The number of rotatable bonds is 1. The first-order valence-electron chi connectivity index (χ1n) is 5.63. The molecule has 0 spiro atoms. The van der Waals surface area contributed by atoms with Crippen LogP contribution in [-0.4, -0.2) is 14.7 Å². The number of hydrogen-bond donors (Lipinski definition) is 1. The minimum Gasteiger partial charge on any atom is -0.507 e. The van der Waals surface area contributed by atoms with Crippen molar-refractivity contribution in [3.05, 3.63) is 64.0 Å². The summed E-state index contributed by atoms with van der Waals surface area (Å²) in [4.78, 5) is 16.3. The van der Waals surface area contributed by atoms with Gasteiger partial charge in [0.1, 0.15) is 5.75 Å². The van der Waals surface area contributed by atoms with Gasteiger partial charge in [0.15, 0.2) is 5.65 Å². The average Bonchev–Trinajstić information content (AvgIpc) is 2.41. The van der Waals surface area contributed by atoms with Crippen molar-refractivity contribution in [1.29, 1.82) is 0 Å². The lowest BCUT2D eigenvalue weighted by molar-refractivity contribution is 0.480. The molecule has 0 saturated heterocycles. The Labute approximate surface area is 113 Å². The van der Waals surface area contributed by atoms with Crippen LogP contribution >= 0.6 is 11.6 Å². The molecule has 0 unspecified atom stereocenters. The molecule has 0 aliphatic rings. The SMILES string of the molecule is O=c1cc(O)c2cccnc2n1-c1ccccc1Cl. The van der Waals surface area contributed by atoms with Crippen molar-refractivity contribution in [2.24, 2.45) is 0 Å². The second kappa shape index (κ2) is 4.40. The number of pyridine rings is 2. The van der Waals surface area contributed by atoms with Crippen LogP contribution in [0.5, 0.6) is 5.75 Å². The smallest absolute Gasteiger partial charge is 0.260 e. The van der Waals surface area contributed by atoms with E-state index < -0.39 is 0 Å². The standard InChI is InChI=1S/C14H9ClN2O2/c15-10-5-1-2-6-11(10)17-13(19)8-12(18)9-4-3-7-16-14(9)17/h1-8,18H. The van der Waals surface area contributed by atoms with Crippen molar-refractivity contribution < 1.29 is 5.11 Å². The Morgan fingerprint density at radius 1 is 1.16 bits per heavy atom. The second-order valence-electron chi connectivity index (χ2n) is 4.03. The van der Waals surface area contributed by atoms with Crippen LogP contribution in [0.25, 0.3) is 16.7 Å². The van der Waals surface area contributed by atoms with Gasteiger partial charge in [0.25, 0.3) is 5.56 Å². The Balaban J connectivity index is 2.49. The minimum atomic E-state index is -0.378. The minimum absolute atomic E-state index is 0.0867. The van der Waals surface area contributed by atoms with Crippen molar-refractivity contribution in [1.82, 2.24) is 9.55 Å². The quantitative estimate of drug-likeness (QED) is 0.741. The lowest BCUT2D eigenvalue weighted by Crippen LogP contribution is -2.18. The maximum Gasteiger partial charge on any atom is 0.260 e. The second-order valence-corrected chi connectivity index (χ2v) is 4.44. The summed E-state index contributed by atoms with van der Waals surface area (Å²) in [7, 11) is 0. The molecule has 0 bridgehead atoms. The first-order chi connectivity index (χ1) is 9.18. The summed E-state index contributed by atoms with van der Waals surface area (Å²) in [6.45, 7) is 0. The molecule has 0 atom stereocenters. The van der Waals surface area contributed by atoms with E-state index in [0.29, 0.717) is 21.7 Å². The molecule has 0 aliphatic heterocycles. The van der Waals surface area contributed by atoms with Gasteiger partial charge in [-0.25, -0.2) is 4.98 Å². The highest BCUT2D eigenvalue weighted by atomic mass is 35.5. The van der Waals surface area contributed by atoms with E-state index in [4.69, 9.17) is 11.6 Å². The van der Waals surface area contributed by atoms with E-state index in [-0.39, 0.29) is 11.3 Å². The number of aromatic nitrogens is 2. The number of para-hydroxylation sites is 1. The molecule has 4 nitrogen and oxygen atoms in total. The summed E-state index contributed by atoms with van der Waals surface area (Å²) in [6.07, 6.45) is 1.56. The predicted octanol–water partition coefficient (Wildman–Crippen LogP) is 2.74. The molecule has 1 N–H and O–H groups in total. The number of hydrogen-bond acceptors (Lipinski definition) is 3.